The lowest BCUT2D eigenvalue weighted by molar-refractivity contribution is 0.00578. The first-order valence-electron chi connectivity index (χ1n) is 17.6. The van der Waals surface area contributed by atoms with Gasteiger partial charge in [0.1, 0.15) is 0 Å². The third-order valence-corrected chi connectivity index (χ3v) is 11.0. The Morgan fingerprint density at radius 3 is 1.67 bits per heavy atom. The Bertz CT molecular complexity index is 1180. The summed E-state index contributed by atoms with van der Waals surface area (Å²) in [5, 5.41) is 0. The highest BCUT2D eigenvalue weighted by Gasteiger charge is 2.52. The molecule has 1 fully saturated rings. The average Bonchev–Trinajstić information content (AvgIpc) is 3.31. The predicted octanol–water partition coefficient (Wildman–Crippen LogP) is 10.3. The first kappa shape index (κ1) is 34.1. The number of nitrogen functional groups attached to an aromatic ring is 1. The monoisotopic (exact) mass is 587 g/mol. The van der Waals surface area contributed by atoms with Crippen LogP contribution in [-0.2, 0) is 14.7 Å². The normalized spacial score (nSPS) is 19.6. The van der Waals surface area contributed by atoms with E-state index < -0.39 is 0 Å². The van der Waals surface area contributed by atoms with Crippen LogP contribution in [0.25, 0.3) is 11.1 Å². The van der Waals surface area contributed by atoms with E-state index in [0.717, 1.165) is 34.8 Å². The van der Waals surface area contributed by atoms with Crippen molar-refractivity contribution in [3.05, 3.63) is 47.5 Å². The molecular weight excluding hydrogens is 525 g/mol. The van der Waals surface area contributed by atoms with Gasteiger partial charge in [-0.25, -0.2) is 0 Å². The molecule has 0 radical (unpaired) electrons. The molecule has 4 rings (SSSR count). The Balaban J connectivity index is 1.68. The van der Waals surface area contributed by atoms with Crippen LogP contribution >= 0.6 is 0 Å². The van der Waals surface area contributed by atoms with Crippen molar-refractivity contribution in [2.45, 2.75) is 150 Å². The molecule has 2 aromatic rings. The van der Waals surface area contributed by atoms with E-state index in [0.29, 0.717) is 0 Å². The average molecular weight is 588 g/mol. The summed E-state index contributed by atoms with van der Waals surface area (Å²) in [7, 11) is -0.357. The van der Waals surface area contributed by atoms with Crippen LogP contribution in [0.4, 0.5) is 5.69 Å². The van der Waals surface area contributed by atoms with E-state index in [1.807, 2.05) is 0 Å². The predicted molar refractivity (Wildman–Crippen MR) is 187 cm³/mol. The van der Waals surface area contributed by atoms with Crippen molar-refractivity contribution >= 4 is 18.3 Å². The highest BCUT2D eigenvalue weighted by molar-refractivity contribution is 6.62. The zero-order chi connectivity index (χ0) is 31.6. The molecule has 4 heteroatoms. The lowest BCUT2D eigenvalue weighted by Crippen LogP contribution is -2.41. The molecule has 0 amide bonds. The van der Waals surface area contributed by atoms with Crippen LogP contribution in [0, 0.1) is 23.7 Å². The Labute approximate surface area is 265 Å². The molecule has 2 aliphatic rings. The van der Waals surface area contributed by atoms with E-state index in [1.165, 1.54) is 86.5 Å². The van der Waals surface area contributed by atoms with Gasteiger partial charge < -0.3 is 15.0 Å². The summed E-state index contributed by atoms with van der Waals surface area (Å²) < 4.78 is 13.0. The van der Waals surface area contributed by atoms with E-state index >= 15 is 0 Å². The number of hydrogen-bond acceptors (Lipinski definition) is 3. The Kier molecular flexibility index (Phi) is 10.9. The first-order chi connectivity index (χ1) is 20.1. The van der Waals surface area contributed by atoms with Gasteiger partial charge >= 0.3 is 7.12 Å². The Morgan fingerprint density at radius 1 is 0.628 bits per heavy atom. The van der Waals surface area contributed by atoms with Crippen molar-refractivity contribution in [1.29, 1.82) is 0 Å². The van der Waals surface area contributed by atoms with Crippen molar-refractivity contribution in [3.8, 4) is 11.1 Å². The van der Waals surface area contributed by atoms with Crippen molar-refractivity contribution in [1.82, 2.24) is 0 Å². The molecule has 238 valence electrons. The molecule has 0 aromatic heterocycles. The molecule has 1 aliphatic heterocycles. The highest BCUT2D eigenvalue weighted by Crippen LogP contribution is 2.55. The van der Waals surface area contributed by atoms with Gasteiger partial charge in [-0.1, -0.05) is 104 Å². The summed E-state index contributed by atoms with van der Waals surface area (Å²) in [6.45, 7) is 22.9. The fourth-order valence-corrected chi connectivity index (χ4v) is 7.35. The van der Waals surface area contributed by atoms with Crippen molar-refractivity contribution < 1.29 is 9.31 Å². The summed E-state index contributed by atoms with van der Waals surface area (Å²) in [6.07, 6.45) is 12.8. The highest BCUT2D eigenvalue weighted by atomic mass is 16.7. The molecule has 2 atom stereocenters. The quantitative estimate of drug-likeness (QED) is 0.167. The summed E-state index contributed by atoms with van der Waals surface area (Å²) in [5.41, 5.74) is 13.4. The van der Waals surface area contributed by atoms with E-state index in [9.17, 15) is 0 Å². The maximum absolute atomic E-state index is 6.54. The summed E-state index contributed by atoms with van der Waals surface area (Å²) in [6, 6.07) is 13.7. The van der Waals surface area contributed by atoms with Gasteiger partial charge in [-0.15, -0.1) is 0 Å². The van der Waals surface area contributed by atoms with Gasteiger partial charge in [0, 0.05) is 11.1 Å². The molecule has 43 heavy (non-hydrogen) atoms. The second-order valence-corrected chi connectivity index (χ2v) is 16.2. The molecule has 1 saturated heterocycles. The summed E-state index contributed by atoms with van der Waals surface area (Å²) in [4.78, 5) is 0. The smallest absolute Gasteiger partial charge is 0.399 e. The van der Waals surface area contributed by atoms with Gasteiger partial charge in [0.15, 0.2) is 0 Å². The van der Waals surface area contributed by atoms with Crippen molar-refractivity contribution in [2.24, 2.45) is 23.7 Å². The topological polar surface area (TPSA) is 44.5 Å². The van der Waals surface area contributed by atoms with E-state index in [-0.39, 0.29) is 23.7 Å². The number of rotatable bonds is 15. The van der Waals surface area contributed by atoms with Crippen molar-refractivity contribution in [2.75, 3.05) is 5.73 Å². The zero-order valence-electron chi connectivity index (χ0n) is 29.3. The van der Waals surface area contributed by atoms with Gasteiger partial charge in [0.2, 0.25) is 0 Å². The molecule has 3 nitrogen and oxygen atoms in total. The number of fused-ring (bicyclic) bond motifs is 3. The molecule has 0 spiro atoms. The van der Waals surface area contributed by atoms with Gasteiger partial charge in [-0.05, 0) is 117 Å². The molecular formula is C39H62BNO2. The number of benzene rings is 2. The molecule has 0 bridgehead atoms. The number of nitrogens with two attached hydrogens (primary N) is 1. The molecule has 2 aromatic carbocycles. The maximum atomic E-state index is 6.54. The third kappa shape index (κ3) is 7.73. The van der Waals surface area contributed by atoms with Gasteiger partial charge in [-0.3, -0.25) is 0 Å². The van der Waals surface area contributed by atoms with E-state index in [4.69, 9.17) is 15.0 Å². The lowest BCUT2D eigenvalue weighted by Gasteiger charge is -2.35. The van der Waals surface area contributed by atoms with Gasteiger partial charge in [-0.2, -0.15) is 0 Å². The number of anilines is 1. The minimum Gasteiger partial charge on any atom is -0.399 e. The molecule has 0 unspecified atom stereocenters. The van der Waals surface area contributed by atoms with E-state index in [1.54, 1.807) is 0 Å². The Hall–Kier alpha value is -1.78. The van der Waals surface area contributed by atoms with Crippen LogP contribution in [0.3, 0.4) is 0 Å². The van der Waals surface area contributed by atoms with Crippen LogP contribution in [-0.4, -0.2) is 18.3 Å². The van der Waals surface area contributed by atoms with Crippen LogP contribution in [0.2, 0.25) is 0 Å². The SMILES string of the molecule is CC(C)CCC[C@H](C)CCC1(CC[C@@H](C)CCCC(C)C)c2ccc(B3OC(C)(C)C(C)(C)O3)cc2-c2ccc(N)cc21. The lowest BCUT2D eigenvalue weighted by atomic mass is 9.68. The minimum absolute atomic E-state index is 0.00682. The maximum Gasteiger partial charge on any atom is 0.494 e. The van der Waals surface area contributed by atoms with Crippen LogP contribution < -0.4 is 11.2 Å². The molecule has 2 N–H and O–H groups in total. The van der Waals surface area contributed by atoms with Crippen LogP contribution in [0.15, 0.2) is 36.4 Å². The van der Waals surface area contributed by atoms with Crippen molar-refractivity contribution in [3.63, 3.8) is 0 Å². The zero-order valence-corrected chi connectivity index (χ0v) is 29.3. The standard InChI is InChI=1S/C39H62BNO2/c1-27(2)13-11-15-29(5)21-23-39(24-22-30(6)16-12-14-28(3)4)35-20-17-31(40-42-37(7,8)38(9,10)43-40)25-34(35)33-19-18-32(41)26-36(33)39/h17-20,25-30H,11-16,21-24,41H2,1-10H3/t29-,30-/m0/s1. The molecule has 0 saturated carbocycles. The largest absolute Gasteiger partial charge is 0.494 e. The van der Waals surface area contributed by atoms with Gasteiger partial charge in [0.05, 0.1) is 11.2 Å². The second-order valence-electron chi connectivity index (χ2n) is 16.2. The fraction of sp³-hybridized carbons (Fsp3) is 0.692. The second kappa shape index (κ2) is 13.7. The fourth-order valence-electron chi connectivity index (χ4n) is 7.35. The van der Waals surface area contributed by atoms with Crippen LogP contribution in [0.1, 0.15) is 145 Å². The minimum atomic E-state index is -0.357. The summed E-state index contributed by atoms with van der Waals surface area (Å²) in [5.74, 6) is 3.00. The van der Waals surface area contributed by atoms with E-state index in [2.05, 4.69) is 106 Å². The third-order valence-electron chi connectivity index (χ3n) is 11.0. The first-order valence-corrected chi connectivity index (χ1v) is 17.6. The number of hydrogen-bond donors (Lipinski definition) is 1. The Morgan fingerprint density at radius 2 is 1.16 bits per heavy atom. The van der Waals surface area contributed by atoms with Crippen LogP contribution in [0.5, 0.6) is 0 Å². The van der Waals surface area contributed by atoms with Gasteiger partial charge in [0.25, 0.3) is 0 Å². The molecule has 1 heterocycles. The summed E-state index contributed by atoms with van der Waals surface area (Å²) >= 11 is 0. The molecule has 1 aliphatic carbocycles.